The van der Waals surface area contributed by atoms with Crippen LogP contribution in [0, 0.1) is 33.5 Å². The molecule has 1 aliphatic carbocycles. The molecular weight excluding hydrogens is 363 g/mol. The molecule has 6 nitrogen and oxygen atoms in total. The normalized spacial score (nSPS) is 31.6. The molecule has 0 unspecified atom stereocenters. The maximum Gasteiger partial charge on any atom is 0.293 e. The molecule has 130 valence electrons. The van der Waals surface area contributed by atoms with Gasteiger partial charge in [0.1, 0.15) is 11.3 Å². The maximum atomic E-state index is 10.1. The van der Waals surface area contributed by atoms with Gasteiger partial charge in [0.05, 0.1) is 12.1 Å². The van der Waals surface area contributed by atoms with Crippen LogP contribution in [0.25, 0.3) is 0 Å². The van der Waals surface area contributed by atoms with E-state index in [1.54, 1.807) is 32.0 Å². The molecule has 1 saturated carbocycles. The highest BCUT2D eigenvalue weighted by atomic mass is 35.5. The molecule has 2 N–H and O–H groups in total. The molecule has 1 heterocycles. The molecule has 0 saturated heterocycles. The van der Waals surface area contributed by atoms with Crippen LogP contribution >= 0.6 is 23.2 Å². The zero-order valence-corrected chi connectivity index (χ0v) is 15.2. The Hall–Kier alpha value is -1.83. The second-order valence-corrected chi connectivity index (χ2v) is 6.67. The zero-order chi connectivity index (χ0) is 18.5. The van der Waals surface area contributed by atoms with E-state index in [1.807, 2.05) is 0 Å². The summed E-state index contributed by atoms with van der Waals surface area (Å²) >= 11 is 12.7. The summed E-state index contributed by atoms with van der Waals surface area (Å²) in [7, 11) is 0. The number of nitrogens with two attached hydrogens (primary N) is 1. The first-order chi connectivity index (χ1) is 11.9. The Morgan fingerprint density at radius 1 is 1.16 bits per heavy atom. The largest absolute Gasteiger partial charge is 0.386 e. The number of nitriles is 2. The van der Waals surface area contributed by atoms with Gasteiger partial charge in [0.2, 0.25) is 0 Å². The molecule has 1 aromatic rings. The molecule has 0 radical (unpaired) electrons. The Kier molecular flexibility index (Phi) is 4.21. The number of fused-ring (bicyclic) bond motifs is 1. The van der Waals surface area contributed by atoms with Gasteiger partial charge in [-0.3, -0.25) is 0 Å². The van der Waals surface area contributed by atoms with E-state index in [-0.39, 0.29) is 19.0 Å². The Morgan fingerprint density at radius 2 is 1.72 bits per heavy atom. The third-order valence-electron chi connectivity index (χ3n) is 4.90. The molecule has 25 heavy (non-hydrogen) atoms. The number of halogens is 2. The fourth-order valence-corrected chi connectivity index (χ4v) is 4.58. The molecule has 3 atom stereocenters. The van der Waals surface area contributed by atoms with Crippen LogP contribution < -0.4 is 5.73 Å². The van der Waals surface area contributed by atoms with Crippen molar-refractivity contribution in [1.82, 2.24) is 0 Å². The molecule has 1 fully saturated rings. The van der Waals surface area contributed by atoms with Crippen LogP contribution in [-0.4, -0.2) is 25.0 Å². The van der Waals surface area contributed by atoms with Gasteiger partial charge in [0, 0.05) is 29.2 Å². The first-order valence-electron chi connectivity index (χ1n) is 7.82. The fraction of sp³-hybridized carbons (Fsp3) is 0.471. The molecular formula is C17H16Cl2N4O2. The predicted octanol–water partition coefficient (Wildman–Crippen LogP) is 3.21. The van der Waals surface area contributed by atoms with Crippen LogP contribution in [0.5, 0.6) is 0 Å². The first kappa shape index (κ1) is 18.0. The Balaban J connectivity index is 2.29. The zero-order valence-electron chi connectivity index (χ0n) is 13.7. The molecule has 0 spiro atoms. The van der Waals surface area contributed by atoms with Crippen molar-refractivity contribution in [2.75, 3.05) is 13.2 Å². The topological polar surface area (TPSA) is 104 Å². The Labute approximate surface area is 155 Å². The van der Waals surface area contributed by atoms with Crippen molar-refractivity contribution in [2.24, 2.45) is 21.6 Å². The summed E-state index contributed by atoms with van der Waals surface area (Å²) in [6.45, 7) is 3.96. The van der Waals surface area contributed by atoms with Crippen molar-refractivity contribution in [1.29, 1.82) is 10.5 Å². The SMILES string of the molecule is CCOC1(OCC)N=C(N)[C@@]2(C#N)[C@H](c3c(Cl)cccc3Cl)[C@@]12C#N. The van der Waals surface area contributed by atoms with Crippen LogP contribution in [0.4, 0.5) is 0 Å². The highest BCUT2D eigenvalue weighted by Gasteiger charge is 2.94. The summed E-state index contributed by atoms with van der Waals surface area (Å²) < 4.78 is 11.5. The van der Waals surface area contributed by atoms with E-state index in [2.05, 4.69) is 17.1 Å². The monoisotopic (exact) mass is 378 g/mol. The van der Waals surface area contributed by atoms with E-state index in [0.717, 1.165) is 0 Å². The van der Waals surface area contributed by atoms with E-state index in [0.29, 0.717) is 15.6 Å². The number of benzene rings is 1. The maximum absolute atomic E-state index is 10.1. The van der Waals surface area contributed by atoms with Gasteiger partial charge in [0.25, 0.3) is 5.91 Å². The summed E-state index contributed by atoms with van der Waals surface area (Å²) in [5.41, 5.74) is 3.74. The lowest BCUT2D eigenvalue weighted by molar-refractivity contribution is -0.255. The Bertz CT molecular complexity index is 818. The highest BCUT2D eigenvalue weighted by Crippen LogP contribution is 2.82. The van der Waals surface area contributed by atoms with Crippen LogP contribution in [0.2, 0.25) is 10.0 Å². The average Bonchev–Trinajstić information content (AvgIpc) is 3.13. The quantitative estimate of drug-likeness (QED) is 0.791. The molecule has 3 rings (SSSR count). The molecule has 8 heteroatoms. The van der Waals surface area contributed by atoms with Crippen molar-refractivity contribution >= 4 is 29.0 Å². The summed E-state index contributed by atoms with van der Waals surface area (Å²) in [5.74, 6) is -2.37. The van der Waals surface area contributed by atoms with Gasteiger partial charge in [-0.25, -0.2) is 4.99 Å². The molecule has 0 amide bonds. The number of aliphatic imine (C=N–C) groups is 1. The molecule has 1 aromatic carbocycles. The second kappa shape index (κ2) is 5.86. The van der Waals surface area contributed by atoms with Crippen molar-refractivity contribution < 1.29 is 9.47 Å². The minimum absolute atomic E-state index is 0.000522. The van der Waals surface area contributed by atoms with E-state index in [4.69, 9.17) is 38.4 Å². The number of hydrogen-bond acceptors (Lipinski definition) is 6. The van der Waals surface area contributed by atoms with E-state index >= 15 is 0 Å². The summed E-state index contributed by atoms with van der Waals surface area (Å²) in [5, 5.41) is 20.8. The van der Waals surface area contributed by atoms with Crippen LogP contribution in [0.3, 0.4) is 0 Å². The molecule has 2 aliphatic rings. The van der Waals surface area contributed by atoms with Crippen molar-refractivity contribution in [3.05, 3.63) is 33.8 Å². The van der Waals surface area contributed by atoms with Crippen molar-refractivity contribution in [2.45, 2.75) is 25.7 Å². The smallest absolute Gasteiger partial charge is 0.293 e. The van der Waals surface area contributed by atoms with Gasteiger partial charge >= 0.3 is 0 Å². The fourth-order valence-electron chi connectivity index (χ4n) is 3.97. The Morgan fingerprint density at radius 3 is 2.16 bits per heavy atom. The third kappa shape index (κ3) is 1.89. The lowest BCUT2D eigenvalue weighted by atomic mass is 9.93. The third-order valence-corrected chi connectivity index (χ3v) is 5.55. The van der Waals surface area contributed by atoms with Crippen LogP contribution in [0.1, 0.15) is 25.3 Å². The summed E-state index contributed by atoms with van der Waals surface area (Å²) in [6.07, 6.45) is 0. The van der Waals surface area contributed by atoms with E-state index in [9.17, 15) is 10.5 Å². The number of amidine groups is 1. The number of ether oxygens (including phenoxy) is 2. The average molecular weight is 379 g/mol. The van der Waals surface area contributed by atoms with Gasteiger partial charge in [-0.1, -0.05) is 29.3 Å². The van der Waals surface area contributed by atoms with E-state index in [1.165, 1.54) is 0 Å². The van der Waals surface area contributed by atoms with Gasteiger partial charge in [-0.15, -0.1) is 0 Å². The van der Waals surface area contributed by atoms with Gasteiger partial charge < -0.3 is 15.2 Å². The van der Waals surface area contributed by atoms with Crippen molar-refractivity contribution in [3.63, 3.8) is 0 Å². The number of hydrogen-bond donors (Lipinski definition) is 1. The van der Waals surface area contributed by atoms with Crippen molar-refractivity contribution in [3.8, 4) is 12.1 Å². The standard InChI is InChI=1S/C17H16Cl2N4O2/c1-3-24-17(25-4-2)16(9-21)13(15(16,8-20)14(22)23-17)12-10(18)6-5-7-11(12)19/h5-7,13H,3-4H2,1-2H3,(H2,22,23)/t13-,15+,16+/m0/s1. The van der Waals surface area contributed by atoms with Gasteiger partial charge in [-0.05, 0) is 31.5 Å². The minimum atomic E-state index is -1.67. The van der Waals surface area contributed by atoms with Crippen LogP contribution in [0.15, 0.2) is 23.2 Å². The van der Waals surface area contributed by atoms with Gasteiger partial charge in [-0.2, -0.15) is 10.5 Å². The lowest BCUT2D eigenvalue weighted by Gasteiger charge is -2.31. The molecule has 0 bridgehead atoms. The minimum Gasteiger partial charge on any atom is -0.386 e. The predicted molar refractivity (Wildman–Crippen MR) is 92.9 cm³/mol. The number of nitrogens with zero attached hydrogens (tertiary/aromatic N) is 3. The molecule has 0 aromatic heterocycles. The van der Waals surface area contributed by atoms with E-state index < -0.39 is 22.7 Å². The van der Waals surface area contributed by atoms with Crippen LogP contribution in [-0.2, 0) is 9.47 Å². The highest BCUT2D eigenvalue weighted by molar-refractivity contribution is 6.36. The lowest BCUT2D eigenvalue weighted by Crippen LogP contribution is -2.43. The van der Waals surface area contributed by atoms with Gasteiger partial charge in [0.15, 0.2) is 5.41 Å². The summed E-state index contributed by atoms with van der Waals surface area (Å²) in [4.78, 5) is 4.27. The number of rotatable bonds is 5. The summed E-state index contributed by atoms with van der Waals surface area (Å²) in [6, 6.07) is 9.40. The molecule has 1 aliphatic heterocycles. The first-order valence-corrected chi connectivity index (χ1v) is 8.58. The second-order valence-electron chi connectivity index (χ2n) is 5.85.